The predicted molar refractivity (Wildman–Crippen MR) is 98.4 cm³/mol. The van der Waals surface area contributed by atoms with Gasteiger partial charge in [-0.1, -0.05) is 37.5 Å². The largest absolute Gasteiger partial charge is 0.326 e. The van der Waals surface area contributed by atoms with E-state index in [1.54, 1.807) is 0 Å². The highest BCUT2D eigenvalue weighted by Gasteiger charge is 2.22. The van der Waals surface area contributed by atoms with Crippen LogP contribution in [0.2, 0.25) is 0 Å². The Morgan fingerprint density at radius 3 is 2.75 bits per heavy atom. The van der Waals surface area contributed by atoms with Crippen LogP contribution in [0.1, 0.15) is 51.9 Å². The topological polar surface area (TPSA) is 71.1 Å². The van der Waals surface area contributed by atoms with Gasteiger partial charge in [-0.25, -0.2) is 4.98 Å². The van der Waals surface area contributed by atoms with E-state index >= 15 is 0 Å². The first-order valence-electron chi connectivity index (χ1n) is 8.67. The van der Waals surface area contributed by atoms with E-state index in [1.807, 2.05) is 25.1 Å². The predicted octanol–water partition coefficient (Wildman–Crippen LogP) is 4.55. The van der Waals surface area contributed by atoms with E-state index in [4.69, 9.17) is 0 Å². The fourth-order valence-corrected chi connectivity index (χ4v) is 3.93. The van der Waals surface area contributed by atoms with Gasteiger partial charge in [-0.2, -0.15) is 0 Å². The Hall–Kier alpha value is -1.95. The molecule has 1 aliphatic carbocycles. The van der Waals surface area contributed by atoms with E-state index in [1.165, 1.54) is 17.8 Å². The number of anilines is 2. The summed E-state index contributed by atoms with van der Waals surface area (Å²) in [4.78, 5) is 28.5. The Balaban J connectivity index is 1.69. The van der Waals surface area contributed by atoms with Crippen LogP contribution in [0.15, 0.2) is 18.2 Å². The van der Waals surface area contributed by atoms with Gasteiger partial charge in [0.05, 0.1) is 10.2 Å². The summed E-state index contributed by atoms with van der Waals surface area (Å²) in [6.07, 6.45) is 6.80. The molecule has 0 saturated heterocycles. The maximum atomic E-state index is 12.3. The van der Waals surface area contributed by atoms with Crippen LogP contribution in [0.3, 0.4) is 0 Å². The first-order valence-corrected chi connectivity index (χ1v) is 9.48. The number of nitrogens with zero attached hydrogens (tertiary/aromatic N) is 1. The lowest BCUT2D eigenvalue weighted by atomic mass is 9.89. The molecule has 0 aliphatic heterocycles. The van der Waals surface area contributed by atoms with Crippen molar-refractivity contribution in [2.24, 2.45) is 5.92 Å². The molecule has 2 aromatic rings. The first kappa shape index (κ1) is 16.9. The number of benzene rings is 1. The average molecular weight is 345 g/mol. The molecule has 2 N–H and O–H groups in total. The summed E-state index contributed by atoms with van der Waals surface area (Å²) in [5, 5.41) is 6.47. The number of hydrogen-bond donors (Lipinski definition) is 2. The zero-order valence-electron chi connectivity index (χ0n) is 13.9. The monoisotopic (exact) mass is 345 g/mol. The molecule has 2 amide bonds. The van der Waals surface area contributed by atoms with Crippen molar-refractivity contribution in [2.45, 2.75) is 51.9 Å². The van der Waals surface area contributed by atoms with Gasteiger partial charge in [0.2, 0.25) is 11.8 Å². The normalized spacial score (nSPS) is 15.4. The van der Waals surface area contributed by atoms with Crippen molar-refractivity contribution in [1.82, 2.24) is 4.98 Å². The summed E-state index contributed by atoms with van der Waals surface area (Å²) < 4.78 is 1.00. The van der Waals surface area contributed by atoms with Crippen molar-refractivity contribution in [3.05, 3.63) is 18.2 Å². The quantitative estimate of drug-likeness (QED) is 0.835. The molecule has 0 atom stereocenters. The fourth-order valence-electron chi connectivity index (χ4n) is 3.08. The molecular formula is C18H23N3O2S. The Morgan fingerprint density at radius 1 is 1.21 bits per heavy atom. The minimum atomic E-state index is 0.0119. The highest BCUT2D eigenvalue weighted by atomic mass is 32.1. The number of nitrogens with one attached hydrogen (secondary N) is 2. The van der Waals surface area contributed by atoms with Gasteiger partial charge in [-0.15, -0.1) is 0 Å². The lowest BCUT2D eigenvalue weighted by Crippen LogP contribution is -2.24. The van der Waals surface area contributed by atoms with Crippen molar-refractivity contribution in [2.75, 3.05) is 10.6 Å². The Kier molecular flexibility index (Phi) is 5.45. The van der Waals surface area contributed by atoms with Crippen LogP contribution < -0.4 is 10.6 Å². The van der Waals surface area contributed by atoms with Crippen LogP contribution in [0, 0.1) is 5.92 Å². The zero-order chi connectivity index (χ0) is 16.9. The van der Waals surface area contributed by atoms with Gasteiger partial charge in [-0.05, 0) is 37.5 Å². The number of fused-ring (bicyclic) bond motifs is 1. The third-order valence-electron chi connectivity index (χ3n) is 4.35. The molecule has 0 radical (unpaired) electrons. The van der Waals surface area contributed by atoms with Gasteiger partial charge < -0.3 is 10.6 Å². The second-order valence-electron chi connectivity index (χ2n) is 6.32. The molecule has 1 heterocycles. The maximum Gasteiger partial charge on any atom is 0.229 e. The molecule has 6 heteroatoms. The van der Waals surface area contributed by atoms with Crippen molar-refractivity contribution in [3.8, 4) is 0 Å². The number of amides is 2. The number of thiazole rings is 1. The number of carbonyl (C=O) groups is 2. The van der Waals surface area contributed by atoms with Crippen LogP contribution in [0.5, 0.6) is 0 Å². The van der Waals surface area contributed by atoms with Crippen LogP contribution in [0.4, 0.5) is 10.8 Å². The molecule has 1 aromatic heterocycles. The minimum absolute atomic E-state index is 0.0119. The van der Waals surface area contributed by atoms with E-state index < -0.39 is 0 Å². The standard InChI is InChI=1S/C18H23N3O2S/c1-2-6-16(22)19-13-9-10-15-14(11-13)20-18(24-15)21-17(23)12-7-4-3-5-8-12/h9-12H,2-8H2,1H3,(H,19,22)(H,20,21,23). The highest BCUT2D eigenvalue weighted by molar-refractivity contribution is 7.22. The molecule has 0 bridgehead atoms. The zero-order valence-corrected chi connectivity index (χ0v) is 14.7. The number of hydrogen-bond acceptors (Lipinski definition) is 4. The SMILES string of the molecule is CCCC(=O)Nc1ccc2sc(NC(=O)C3CCCCC3)nc2c1. The van der Waals surface area contributed by atoms with Gasteiger partial charge in [0.15, 0.2) is 5.13 Å². The average Bonchev–Trinajstić information content (AvgIpc) is 2.97. The van der Waals surface area contributed by atoms with E-state index in [0.717, 1.165) is 48.0 Å². The first-order chi connectivity index (χ1) is 11.7. The Bertz CT molecular complexity index is 735. The third-order valence-corrected chi connectivity index (χ3v) is 5.31. The smallest absolute Gasteiger partial charge is 0.229 e. The summed E-state index contributed by atoms with van der Waals surface area (Å²) >= 11 is 1.47. The molecule has 1 aromatic carbocycles. The number of rotatable bonds is 5. The van der Waals surface area contributed by atoms with Gasteiger partial charge >= 0.3 is 0 Å². The van der Waals surface area contributed by atoms with Gasteiger partial charge in [0, 0.05) is 18.0 Å². The fraction of sp³-hybridized carbons (Fsp3) is 0.500. The summed E-state index contributed by atoms with van der Waals surface area (Å²) in [6.45, 7) is 1.98. The Morgan fingerprint density at radius 2 is 2.00 bits per heavy atom. The third kappa shape index (κ3) is 4.12. The molecule has 1 fully saturated rings. The van der Waals surface area contributed by atoms with Gasteiger partial charge in [-0.3, -0.25) is 9.59 Å². The molecule has 3 rings (SSSR count). The van der Waals surface area contributed by atoms with Crippen LogP contribution >= 0.6 is 11.3 Å². The molecular weight excluding hydrogens is 322 g/mol. The molecule has 0 unspecified atom stereocenters. The summed E-state index contributed by atoms with van der Waals surface area (Å²) in [7, 11) is 0. The molecule has 5 nitrogen and oxygen atoms in total. The summed E-state index contributed by atoms with van der Waals surface area (Å²) in [5.41, 5.74) is 1.55. The van der Waals surface area contributed by atoms with Crippen molar-refractivity contribution < 1.29 is 9.59 Å². The van der Waals surface area contributed by atoms with E-state index in [9.17, 15) is 9.59 Å². The van der Waals surface area contributed by atoms with E-state index in [-0.39, 0.29) is 17.7 Å². The van der Waals surface area contributed by atoms with Gasteiger partial charge in [0.25, 0.3) is 0 Å². The van der Waals surface area contributed by atoms with E-state index in [2.05, 4.69) is 15.6 Å². The second kappa shape index (κ2) is 7.75. The molecule has 1 aliphatic rings. The van der Waals surface area contributed by atoms with Crippen molar-refractivity contribution in [3.63, 3.8) is 0 Å². The summed E-state index contributed by atoms with van der Waals surface area (Å²) in [5.74, 6) is 0.220. The van der Waals surface area contributed by atoms with Crippen LogP contribution in [0.25, 0.3) is 10.2 Å². The molecule has 24 heavy (non-hydrogen) atoms. The van der Waals surface area contributed by atoms with E-state index in [0.29, 0.717) is 11.6 Å². The lowest BCUT2D eigenvalue weighted by molar-refractivity contribution is -0.120. The molecule has 0 spiro atoms. The minimum Gasteiger partial charge on any atom is -0.326 e. The van der Waals surface area contributed by atoms with Crippen molar-refractivity contribution >= 4 is 44.2 Å². The number of carbonyl (C=O) groups excluding carboxylic acids is 2. The summed E-state index contributed by atoms with van der Waals surface area (Å²) in [6, 6.07) is 5.67. The lowest BCUT2D eigenvalue weighted by Gasteiger charge is -2.19. The van der Waals surface area contributed by atoms with Crippen molar-refractivity contribution in [1.29, 1.82) is 0 Å². The Labute approximate surface area is 145 Å². The maximum absolute atomic E-state index is 12.3. The van der Waals surface area contributed by atoms with Gasteiger partial charge in [0.1, 0.15) is 0 Å². The molecule has 1 saturated carbocycles. The molecule has 128 valence electrons. The highest BCUT2D eigenvalue weighted by Crippen LogP contribution is 2.30. The second-order valence-corrected chi connectivity index (χ2v) is 7.35. The van der Waals surface area contributed by atoms with Crippen LogP contribution in [-0.2, 0) is 9.59 Å². The number of aromatic nitrogens is 1. The van der Waals surface area contributed by atoms with Crippen LogP contribution in [-0.4, -0.2) is 16.8 Å².